The fourth-order valence-corrected chi connectivity index (χ4v) is 4.04. The van der Waals surface area contributed by atoms with Crippen molar-refractivity contribution in [2.75, 3.05) is 18.4 Å². The molecule has 1 unspecified atom stereocenters. The van der Waals surface area contributed by atoms with Gasteiger partial charge >= 0.3 is 6.03 Å². The lowest BCUT2D eigenvalue weighted by Crippen LogP contribution is -2.50. The molecule has 1 aliphatic carbocycles. The van der Waals surface area contributed by atoms with Crippen LogP contribution in [0.2, 0.25) is 5.02 Å². The van der Waals surface area contributed by atoms with Gasteiger partial charge in [0.25, 0.3) is 0 Å². The number of amides is 3. The van der Waals surface area contributed by atoms with E-state index in [1.54, 1.807) is 4.90 Å². The first kappa shape index (κ1) is 19.0. The van der Waals surface area contributed by atoms with E-state index in [1.165, 1.54) is 19.3 Å². The molecule has 1 heterocycles. The maximum absolute atomic E-state index is 12.7. The summed E-state index contributed by atoms with van der Waals surface area (Å²) in [4.78, 5) is 27.0. The Balaban J connectivity index is 1.56. The zero-order chi connectivity index (χ0) is 18.5. The molecular formula is C20H28ClN3O2. The van der Waals surface area contributed by atoms with Crippen LogP contribution in [0.4, 0.5) is 10.5 Å². The Kier molecular flexibility index (Phi) is 6.41. The van der Waals surface area contributed by atoms with E-state index in [2.05, 4.69) is 10.6 Å². The summed E-state index contributed by atoms with van der Waals surface area (Å²) < 4.78 is 0. The van der Waals surface area contributed by atoms with Gasteiger partial charge in [0.1, 0.15) is 0 Å². The van der Waals surface area contributed by atoms with E-state index >= 15 is 0 Å². The van der Waals surface area contributed by atoms with Gasteiger partial charge in [-0.1, -0.05) is 36.9 Å². The van der Waals surface area contributed by atoms with Crippen LogP contribution >= 0.6 is 11.6 Å². The smallest absolute Gasteiger partial charge is 0.317 e. The van der Waals surface area contributed by atoms with Crippen LogP contribution in [0.25, 0.3) is 0 Å². The number of halogens is 1. The summed E-state index contributed by atoms with van der Waals surface area (Å²) in [5.41, 5.74) is 1.61. The summed E-state index contributed by atoms with van der Waals surface area (Å²) in [5.74, 6) is -0.218. The van der Waals surface area contributed by atoms with E-state index in [-0.39, 0.29) is 17.9 Å². The predicted molar refractivity (Wildman–Crippen MR) is 105 cm³/mol. The third kappa shape index (κ3) is 4.70. The number of urea groups is 1. The SMILES string of the molecule is Cc1c(Cl)cccc1NC(=O)C1CCCN(C(=O)NC2CCCCC2)C1. The molecule has 1 saturated carbocycles. The quantitative estimate of drug-likeness (QED) is 0.822. The highest BCUT2D eigenvalue weighted by Gasteiger charge is 2.29. The molecule has 1 aliphatic heterocycles. The van der Waals surface area contributed by atoms with E-state index < -0.39 is 0 Å². The molecule has 0 aromatic heterocycles. The molecule has 26 heavy (non-hydrogen) atoms. The van der Waals surface area contributed by atoms with Crippen molar-refractivity contribution < 1.29 is 9.59 Å². The Hall–Kier alpha value is -1.75. The van der Waals surface area contributed by atoms with Crippen molar-refractivity contribution >= 4 is 29.2 Å². The highest BCUT2D eigenvalue weighted by Crippen LogP contribution is 2.25. The number of piperidine rings is 1. The van der Waals surface area contributed by atoms with Crippen molar-refractivity contribution in [1.82, 2.24) is 10.2 Å². The van der Waals surface area contributed by atoms with Crippen molar-refractivity contribution in [2.24, 2.45) is 5.92 Å². The van der Waals surface area contributed by atoms with Crippen LogP contribution < -0.4 is 10.6 Å². The number of carbonyl (C=O) groups is 2. The summed E-state index contributed by atoms with van der Waals surface area (Å²) in [6.45, 7) is 3.09. The lowest BCUT2D eigenvalue weighted by molar-refractivity contribution is -0.121. The summed E-state index contributed by atoms with van der Waals surface area (Å²) in [5, 5.41) is 6.77. The number of rotatable bonds is 3. The van der Waals surface area contributed by atoms with Gasteiger partial charge in [-0.25, -0.2) is 4.79 Å². The summed E-state index contributed by atoms with van der Waals surface area (Å²) in [6, 6.07) is 5.77. The van der Waals surface area contributed by atoms with Crippen LogP contribution in [0.15, 0.2) is 18.2 Å². The van der Waals surface area contributed by atoms with Crippen LogP contribution in [-0.4, -0.2) is 36.0 Å². The van der Waals surface area contributed by atoms with Crippen molar-refractivity contribution in [3.8, 4) is 0 Å². The number of anilines is 1. The predicted octanol–water partition coefficient (Wildman–Crippen LogP) is 4.34. The van der Waals surface area contributed by atoms with Gasteiger partial charge in [-0.2, -0.15) is 0 Å². The number of nitrogens with zero attached hydrogens (tertiary/aromatic N) is 1. The number of hydrogen-bond donors (Lipinski definition) is 2. The molecule has 1 atom stereocenters. The van der Waals surface area contributed by atoms with Crippen LogP contribution in [0, 0.1) is 12.8 Å². The Labute approximate surface area is 160 Å². The van der Waals surface area contributed by atoms with E-state index in [1.807, 2.05) is 25.1 Å². The van der Waals surface area contributed by atoms with Gasteiger partial charge in [-0.3, -0.25) is 4.79 Å². The van der Waals surface area contributed by atoms with Gasteiger partial charge < -0.3 is 15.5 Å². The molecule has 0 bridgehead atoms. The molecule has 3 rings (SSSR count). The van der Waals surface area contributed by atoms with Gasteiger partial charge in [-0.05, 0) is 50.3 Å². The third-order valence-corrected chi connectivity index (χ3v) is 5.95. The Morgan fingerprint density at radius 1 is 1.12 bits per heavy atom. The summed E-state index contributed by atoms with van der Waals surface area (Å²) in [7, 11) is 0. The first-order valence-corrected chi connectivity index (χ1v) is 10.0. The average Bonchev–Trinajstić information content (AvgIpc) is 2.66. The van der Waals surface area contributed by atoms with E-state index in [4.69, 9.17) is 11.6 Å². The van der Waals surface area contributed by atoms with Gasteiger partial charge in [0.15, 0.2) is 0 Å². The minimum atomic E-state index is -0.181. The second-order valence-corrected chi connectivity index (χ2v) is 7.88. The first-order valence-electron chi connectivity index (χ1n) is 9.66. The van der Waals surface area contributed by atoms with Gasteiger partial charge in [0.05, 0.1) is 5.92 Å². The molecule has 6 heteroatoms. The van der Waals surface area contributed by atoms with Crippen LogP contribution in [0.3, 0.4) is 0 Å². The lowest BCUT2D eigenvalue weighted by Gasteiger charge is -2.34. The number of carbonyl (C=O) groups excluding carboxylic acids is 2. The van der Waals surface area contributed by atoms with Gasteiger partial charge in [0.2, 0.25) is 5.91 Å². The molecule has 2 N–H and O–H groups in total. The Morgan fingerprint density at radius 3 is 2.65 bits per heavy atom. The second-order valence-electron chi connectivity index (χ2n) is 7.47. The number of likely N-dealkylation sites (tertiary alicyclic amines) is 1. The molecular weight excluding hydrogens is 350 g/mol. The van der Waals surface area contributed by atoms with E-state index in [0.717, 1.165) is 43.5 Å². The molecule has 0 radical (unpaired) electrons. The molecule has 2 fully saturated rings. The molecule has 1 saturated heterocycles. The molecule has 1 aromatic carbocycles. The van der Waals surface area contributed by atoms with Crippen LogP contribution in [-0.2, 0) is 4.79 Å². The molecule has 1 aromatic rings. The summed E-state index contributed by atoms with van der Waals surface area (Å²) >= 11 is 6.13. The maximum atomic E-state index is 12.7. The average molecular weight is 378 g/mol. The second kappa shape index (κ2) is 8.76. The van der Waals surface area contributed by atoms with Crippen molar-refractivity contribution in [2.45, 2.75) is 57.9 Å². The highest BCUT2D eigenvalue weighted by atomic mass is 35.5. The Morgan fingerprint density at radius 2 is 1.88 bits per heavy atom. The summed E-state index contributed by atoms with van der Waals surface area (Å²) in [6.07, 6.45) is 7.43. The minimum absolute atomic E-state index is 0.0201. The standard InChI is InChI=1S/C20H28ClN3O2/c1-14-17(21)10-5-11-18(14)23-19(25)15-7-6-12-24(13-15)20(26)22-16-8-3-2-4-9-16/h5,10-11,15-16H,2-4,6-9,12-13H2,1H3,(H,22,26)(H,23,25). The third-order valence-electron chi connectivity index (χ3n) is 5.54. The van der Waals surface area contributed by atoms with E-state index in [0.29, 0.717) is 17.6 Å². The number of hydrogen-bond acceptors (Lipinski definition) is 2. The van der Waals surface area contributed by atoms with Crippen molar-refractivity contribution in [1.29, 1.82) is 0 Å². The normalized spacial score (nSPS) is 21.3. The molecule has 142 valence electrons. The highest BCUT2D eigenvalue weighted by molar-refractivity contribution is 6.31. The van der Waals surface area contributed by atoms with Gasteiger partial charge in [0, 0.05) is 29.8 Å². The largest absolute Gasteiger partial charge is 0.335 e. The zero-order valence-corrected chi connectivity index (χ0v) is 16.1. The molecule has 2 aliphatic rings. The van der Waals surface area contributed by atoms with Crippen LogP contribution in [0.5, 0.6) is 0 Å². The van der Waals surface area contributed by atoms with E-state index in [9.17, 15) is 9.59 Å². The monoisotopic (exact) mass is 377 g/mol. The van der Waals surface area contributed by atoms with Crippen molar-refractivity contribution in [3.63, 3.8) is 0 Å². The number of benzene rings is 1. The van der Waals surface area contributed by atoms with Crippen molar-refractivity contribution in [3.05, 3.63) is 28.8 Å². The zero-order valence-electron chi connectivity index (χ0n) is 15.4. The molecule has 0 spiro atoms. The fourth-order valence-electron chi connectivity index (χ4n) is 3.87. The molecule has 3 amide bonds. The molecule has 5 nitrogen and oxygen atoms in total. The first-order chi connectivity index (χ1) is 12.5. The van der Waals surface area contributed by atoms with Gasteiger partial charge in [-0.15, -0.1) is 0 Å². The van der Waals surface area contributed by atoms with Crippen LogP contribution in [0.1, 0.15) is 50.5 Å². The lowest BCUT2D eigenvalue weighted by atomic mass is 9.95. The Bertz CT molecular complexity index is 658. The minimum Gasteiger partial charge on any atom is -0.335 e. The fraction of sp³-hybridized carbons (Fsp3) is 0.600. The number of nitrogens with one attached hydrogen (secondary N) is 2. The topological polar surface area (TPSA) is 61.4 Å². The maximum Gasteiger partial charge on any atom is 0.317 e.